The number of nitrogens with zero attached hydrogens (tertiary/aromatic N) is 1. The Morgan fingerprint density at radius 3 is 2.62 bits per heavy atom. The number of rotatable bonds is 8. The van der Waals surface area contributed by atoms with E-state index in [0.717, 1.165) is 0 Å². The molecular weight excluding hydrogens is 276 g/mol. The second kappa shape index (κ2) is 8.08. The summed E-state index contributed by atoms with van der Waals surface area (Å²) in [6.07, 6.45) is 2.76. The van der Waals surface area contributed by atoms with Crippen molar-refractivity contribution in [2.75, 3.05) is 19.6 Å². The molecule has 0 spiro atoms. The predicted molar refractivity (Wildman–Crippen MR) is 74.7 cm³/mol. The van der Waals surface area contributed by atoms with Gasteiger partial charge in [-0.2, -0.15) is 0 Å². The second-order valence-electron chi connectivity index (χ2n) is 5.08. The van der Waals surface area contributed by atoms with Crippen LogP contribution in [-0.4, -0.2) is 47.4 Å². The third-order valence-corrected chi connectivity index (χ3v) is 2.67. The number of carboxylic acids is 1. The van der Waals surface area contributed by atoms with E-state index in [1.807, 2.05) is 13.8 Å². The number of nitrogens with one attached hydrogen (secondary N) is 1. The van der Waals surface area contributed by atoms with Gasteiger partial charge in [-0.25, -0.2) is 0 Å². The lowest BCUT2D eigenvalue weighted by atomic mass is 10.2. The van der Waals surface area contributed by atoms with Crippen molar-refractivity contribution in [2.45, 2.75) is 20.3 Å². The van der Waals surface area contributed by atoms with Crippen LogP contribution in [0.1, 0.15) is 30.6 Å². The van der Waals surface area contributed by atoms with E-state index < -0.39 is 5.97 Å². The first kappa shape index (κ1) is 16.7. The number of carboxylic acid groups (broad SMARTS) is 1. The van der Waals surface area contributed by atoms with E-state index in [9.17, 15) is 14.4 Å². The molecule has 0 unspecified atom stereocenters. The van der Waals surface area contributed by atoms with Gasteiger partial charge in [0.1, 0.15) is 12.8 Å². The summed E-state index contributed by atoms with van der Waals surface area (Å²) in [5, 5.41) is 11.4. The molecule has 0 aliphatic rings. The fourth-order valence-electron chi connectivity index (χ4n) is 1.80. The molecule has 7 nitrogen and oxygen atoms in total. The van der Waals surface area contributed by atoms with Crippen LogP contribution in [0.4, 0.5) is 0 Å². The molecule has 21 heavy (non-hydrogen) atoms. The van der Waals surface area contributed by atoms with E-state index in [0.29, 0.717) is 12.1 Å². The van der Waals surface area contributed by atoms with Crippen LogP contribution in [0.3, 0.4) is 0 Å². The van der Waals surface area contributed by atoms with Gasteiger partial charge in [0.15, 0.2) is 0 Å². The summed E-state index contributed by atoms with van der Waals surface area (Å²) in [5.41, 5.74) is 0.382. The van der Waals surface area contributed by atoms with Crippen molar-refractivity contribution in [1.82, 2.24) is 10.2 Å². The van der Waals surface area contributed by atoms with Gasteiger partial charge < -0.3 is 19.7 Å². The zero-order chi connectivity index (χ0) is 15.8. The molecule has 0 bridgehead atoms. The van der Waals surface area contributed by atoms with E-state index in [1.165, 1.54) is 23.5 Å². The Morgan fingerprint density at radius 1 is 1.38 bits per heavy atom. The number of hydrogen-bond donors (Lipinski definition) is 2. The van der Waals surface area contributed by atoms with Crippen molar-refractivity contribution < 1.29 is 23.9 Å². The van der Waals surface area contributed by atoms with Crippen molar-refractivity contribution in [2.24, 2.45) is 5.92 Å². The predicted octanol–water partition coefficient (Wildman–Crippen LogP) is 0.969. The first-order chi connectivity index (χ1) is 9.90. The molecule has 0 radical (unpaired) electrons. The highest BCUT2D eigenvalue weighted by Gasteiger charge is 2.18. The molecule has 0 aliphatic carbocycles. The van der Waals surface area contributed by atoms with Crippen LogP contribution in [0.5, 0.6) is 0 Å². The van der Waals surface area contributed by atoms with E-state index in [2.05, 4.69) is 5.32 Å². The number of hydrogen-bond acceptors (Lipinski definition) is 4. The summed E-state index contributed by atoms with van der Waals surface area (Å²) in [6, 6.07) is 1.52. The normalized spacial score (nSPS) is 10.4. The van der Waals surface area contributed by atoms with Crippen LogP contribution in [-0.2, 0) is 9.59 Å². The third-order valence-electron chi connectivity index (χ3n) is 2.67. The van der Waals surface area contributed by atoms with Crippen LogP contribution in [0.2, 0.25) is 0 Å². The summed E-state index contributed by atoms with van der Waals surface area (Å²) in [6.45, 7) is 4.01. The molecule has 0 saturated heterocycles. The van der Waals surface area contributed by atoms with Crippen molar-refractivity contribution in [1.29, 1.82) is 0 Å². The fraction of sp³-hybridized carbons (Fsp3) is 0.500. The molecule has 1 heterocycles. The van der Waals surface area contributed by atoms with E-state index in [-0.39, 0.29) is 37.2 Å². The van der Waals surface area contributed by atoms with Crippen molar-refractivity contribution >= 4 is 17.8 Å². The lowest BCUT2D eigenvalue weighted by Gasteiger charge is -2.22. The monoisotopic (exact) mass is 296 g/mol. The van der Waals surface area contributed by atoms with E-state index in [1.54, 1.807) is 0 Å². The average molecular weight is 296 g/mol. The molecule has 1 rings (SSSR count). The molecular formula is C14H20N2O5. The SMILES string of the molecule is CC(C)CN(CC(=O)O)C(=O)CCNC(=O)c1ccoc1. The maximum Gasteiger partial charge on any atom is 0.323 e. The highest BCUT2D eigenvalue weighted by atomic mass is 16.4. The Kier molecular flexibility index (Phi) is 6.45. The minimum Gasteiger partial charge on any atom is -0.480 e. The Hall–Kier alpha value is -2.31. The van der Waals surface area contributed by atoms with Crippen LogP contribution >= 0.6 is 0 Å². The van der Waals surface area contributed by atoms with Crippen LogP contribution < -0.4 is 5.32 Å². The lowest BCUT2D eigenvalue weighted by molar-refractivity contribution is -0.144. The highest BCUT2D eigenvalue weighted by molar-refractivity contribution is 5.94. The zero-order valence-electron chi connectivity index (χ0n) is 12.2. The van der Waals surface area contributed by atoms with Gasteiger partial charge in [-0.15, -0.1) is 0 Å². The zero-order valence-corrected chi connectivity index (χ0v) is 12.2. The minimum atomic E-state index is -1.05. The summed E-state index contributed by atoms with van der Waals surface area (Å²) in [7, 11) is 0. The number of aliphatic carboxylic acids is 1. The van der Waals surface area contributed by atoms with Crippen molar-refractivity contribution in [3.63, 3.8) is 0 Å². The summed E-state index contributed by atoms with van der Waals surface area (Å²) < 4.78 is 4.79. The summed E-state index contributed by atoms with van der Waals surface area (Å²) in [4.78, 5) is 35.6. The molecule has 7 heteroatoms. The Labute approximate surface area is 122 Å². The number of amides is 2. The van der Waals surface area contributed by atoms with Gasteiger partial charge >= 0.3 is 5.97 Å². The Balaban J connectivity index is 2.42. The standard InChI is InChI=1S/C14H20N2O5/c1-10(2)7-16(8-13(18)19)12(17)3-5-15-14(20)11-4-6-21-9-11/h4,6,9-10H,3,5,7-8H2,1-2H3,(H,15,20)(H,18,19). The topological polar surface area (TPSA) is 99.9 Å². The first-order valence-electron chi connectivity index (χ1n) is 6.70. The van der Waals surface area contributed by atoms with Gasteiger partial charge in [0.2, 0.25) is 5.91 Å². The van der Waals surface area contributed by atoms with Gasteiger partial charge in [-0.3, -0.25) is 14.4 Å². The Morgan fingerprint density at radius 2 is 2.10 bits per heavy atom. The molecule has 2 N–H and O–H groups in total. The molecule has 0 fully saturated rings. The summed E-state index contributed by atoms with van der Waals surface area (Å²) in [5.74, 6) is -1.50. The highest BCUT2D eigenvalue weighted by Crippen LogP contribution is 2.02. The average Bonchev–Trinajstić information content (AvgIpc) is 2.90. The fourth-order valence-corrected chi connectivity index (χ4v) is 1.80. The van der Waals surface area contributed by atoms with Crippen molar-refractivity contribution in [3.05, 3.63) is 24.2 Å². The maximum atomic E-state index is 12.0. The summed E-state index contributed by atoms with van der Waals surface area (Å²) >= 11 is 0. The van der Waals surface area contributed by atoms with E-state index in [4.69, 9.17) is 9.52 Å². The molecule has 1 aromatic heterocycles. The third kappa shape index (κ3) is 6.11. The van der Waals surface area contributed by atoms with Crippen molar-refractivity contribution in [3.8, 4) is 0 Å². The van der Waals surface area contributed by atoms with Gasteiger partial charge in [-0.1, -0.05) is 13.8 Å². The largest absolute Gasteiger partial charge is 0.480 e. The van der Waals surface area contributed by atoms with E-state index >= 15 is 0 Å². The molecule has 0 aliphatic heterocycles. The smallest absolute Gasteiger partial charge is 0.323 e. The molecule has 0 atom stereocenters. The Bertz CT molecular complexity index is 482. The number of furan rings is 1. The number of carbonyl (C=O) groups is 3. The van der Waals surface area contributed by atoms with Crippen LogP contribution in [0, 0.1) is 5.92 Å². The molecule has 2 amide bonds. The number of carbonyl (C=O) groups excluding carboxylic acids is 2. The molecule has 0 saturated carbocycles. The van der Waals surface area contributed by atoms with Gasteiger partial charge in [0.25, 0.3) is 5.91 Å². The van der Waals surface area contributed by atoms with Gasteiger partial charge in [0.05, 0.1) is 11.8 Å². The van der Waals surface area contributed by atoms with Gasteiger partial charge in [0, 0.05) is 19.5 Å². The first-order valence-corrected chi connectivity index (χ1v) is 6.70. The maximum absolute atomic E-state index is 12.0. The van der Waals surface area contributed by atoms with Crippen LogP contribution in [0.25, 0.3) is 0 Å². The molecule has 0 aromatic carbocycles. The quantitative estimate of drug-likeness (QED) is 0.744. The van der Waals surface area contributed by atoms with Crippen LogP contribution in [0.15, 0.2) is 23.0 Å². The molecule has 116 valence electrons. The second-order valence-corrected chi connectivity index (χ2v) is 5.08. The molecule has 1 aromatic rings. The lowest BCUT2D eigenvalue weighted by Crippen LogP contribution is -2.39. The minimum absolute atomic E-state index is 0.0591. The van der Waals surface area contributed by atoms with Gasteiger partial charge in [-0.05, 0) is 12.0 Å².